The summed E-state index contributed by atoms with van der Waals surface area (Å²) < 4.78 is 40.9. The Balaban J connectivity index is 2.11. The van der Waals surface area contributed by atoms with Crippen LogP contribution in [0.4, 0.5) is 18.9 Å². The summed E-state index contributed by atoms with van der Waals surface area (Å²) in [6, 6.07) is 11.8. The Morgan fingerprint density at radius 1 is 1.04 bits per heavy atom. The quantitative estimate of drug-likeness (QED) is 0.614. The normalized spacial score (nSPS) is 11.6. The van der Waals surface area contributed by atoms with Gasteiger partial charge in [0.1, 0.15) is 0 Å². The molecule has 4 nitrogen and oxygen atoms in total. The number of halogens is 3. The lowest BCUT2D eigenvalue weighted by molar-refractivity contribution is -0.141. The first-order chi connectivity index (χ1) is 12.3. The lowest BCUT2D eigenvalue weighted by Crippen LogP contribution is -2.08. The predicted octanol–water partition coefficient (Wildman–Crippen LogP) is 4.74. The molecule has 2 heterocycles. The van der Waals surface area contributed by atoms with Crippen LogP contribution in [-0.2, 0) is 6.18 Å². The summed E-state index contributed by atoms with van der Waals surface area (Å²) in [5.74, 6) is 0. The fourth-order valence-electron chi connectivity index (χ4n) is 2.47. The minimum atomic E-state index is -4.52. The summed E-state index contributed by atoms with van der Waals surface area (Å²) in [6.07, 6.45) is -1.11. The lowest BCUT2D eigenvalue weighted by atomic mass is 10.1. The van der Waals surface area contributed by atoms with Crippen molar-refractivity contribution in [2.45, 2.75) is 11.2 Å². The second-order valence-electron chi connectivity index (χ2n) is 5.82. The first-order valence-corrected chi connectivity index (χ1v) is 8.97. The summed E-state index contributed by atoms with van der Waals surface area (Å²) >= 11 is 1.46. The van der Waals surface area contributed by atoms with Gasteiger partial charge in [-0.15, -0.1) is 11.8 Å². The molecule has 0 bridgehead atoms. The highest BCUT2D eigenvalue weighted by molar-refractivity contribution is 7.98. The Morgan fingerprint density at radius 3 is 2.23 bits per heavy atom. The molecular formula is C18H17F3N4S. The van der Waals surface area contributed by atoms with Gasteiger partial charge < -0.3 is 4.90 Å². The fraction of sp³-hybridized carbons (Fsp3) is 0.222. The zero-order valence-corrected chi connectivity index (χ0v) is 15.3. The van der Waals surface area contributed by atoms with Gasteiger partial charge in [-0.05, 0) is 36.6 Å². The maximum atomic E-state index is 13.2. The van der Waals surface area contributed by atoms with Crippen LogP contribution in [0.1, 0.15) is 5.69 Å². The molecule has 0 radical (unpaired) electrons. The van der Waals surface area contributed by atoms with Gasteiger partial charge in [-0.1, -0.05) is 12.1 Å². The van der Waals surface area contributed by atoms with Crippen LogP contribution in [0.5, 0.6) is 0 Å². The number of rotatable bonds is 4. The minimum absolute atomic E-state index is 0.362. The molecule has 0 saturated carbocycles. The zero-order chi connectivity index (χ0) is 18.9. The Kier molecular flexibility index (Phi) is 4.95. The third-order valence-electron chi connectivity index (χ3n) is 3.85. The lowest BCUT2D eigenvalue weighted by Gasteiger charge is -2.13. The molecule has 0 aliphatic heterocycles. The van der Waals surface area contributed by atoms with Crippen LogP contribution >= 0.6 is 11.8 Å². The molecule has 0 aliphatic carbocycles. The van der Waals surface area contributed by atoms with E-state index in [0.29, 0.717) is 16.9 Å². The van der Waals surface area contributed by atoms with E-state index in [1.165, 1.54) is 22.6 Å². The standard InChI is InChI=1S/C18H17F3N4S/c1-24(2)13-6-4-12(5-7-13)15-10-16(18(19,20)21)23-25(15)14-8-9-17(26-3)22-11-14/h4-11H,1-3H3. The minimum Gasteiger partial charge on any atom is -0.378 e. The first kappa shape index (κ1) is 18.3. The van der Waals surface area contributed by atoms with Crippen LogP contribution < -0.4 is 4.90 Å². The van der Waals surface area contributed by atoms with Crippen LogP contribution in [0, 0.1) is 0 Å². The predicted molar refractivity (Wildman–Crippen MR) is 97.9 cm³/mol. The van der Waals surface area contributed by atoms with Gasteiger partial charge in [-0.2, -0.15) is 18.3 Å². The zero-order valence-electron chi connectivity index (χ0n) is 14.4. The second-order valence-corrected chi connectivity index (χ2v) is 6.65. The molecule has 0 fully saturated rings. The maximum absolute atomic E-state index is 13.2. The van der Waals surface area contributed by atoms with Crippen molar-refractivity contribution in [2.75, 3.05) is 25.3 Å². The number of thioether (sulfide) groups is 1. The molecular weight excluding hydrogens is 361 g/mol. The Labute approximate surface area is 153 Å². The van der Waals surface area contributed by atoms with Crippen LogP contribution in [0.3, 0.4) is 0 Å². The summed E-state index contributed by atoms with van der Waals surface area (Å²) in [6.45, 7) is 0. The van der Waals surface area contributed by atoms with Gasteiger partial charge in [0.15, 0.2) is 5.69 Å². The van der Waals surface area contributed by atoms with Crippen molar-refractivity contribution in [3.63, 3.8) is 0 Å². The Bertz CT molecular complexity index is 884. The summed E-state index contributed by atoms with van der Waals surface area (Å²) in [5, 5.41) is 4.56. The van der Waals surface area contributed by atoms with Crippen molar-refractivity contribution in [3.05, 3.63) is 54.4 Å². The number of aromatic nitrogens is 3. The van der Waals surface area contributed by atoms with Crippen molar-refractivity contribution < 1.29 is 13.2 Å². The van der Waals surface area contributed by atoms with Crippen molar-refractivity contribution in [1.29, 1.82) is 0 Å². The average molecular weight is 378 g/mol. The maximum Gasteiger partial charge on any atom is 0.435 e. The van der Waals surface area contributed by atoms with E-state index >= 15 is 0 Å². The molecule has 0 atom stereocenters. The van der Waals surface area contributed by atoms with Gasteiger partial charge in [-0.25, -0.2) is 9.67 Å². The topological polar surface area (TPSA) is 34.0 Å². The van der Waals surface area contributed by atoms with E-state index < -0.39 is 11.9 Å². The van der Waals surface area contributed by atoms with Gasteiger partial charge in [0.25, 0.3) is 0 Å². The van der Waals surface area contributed by atoms with Crippen molar-refractivity contribution in [1.82, 2.24) is 14.8 Å². The van der Waals surface area contributed by atoms with E-state index in [9.17, 15) is 13.2 Å². The van der Waals surface area contributed by atoms with Crippen LogP contribution in [0.15, 0.2) is 53.7 Å². The number of anilines is 1. The molecule has 0 spiro atoms. The number of benzene rings is 1. The molecule has 1 aromatic carbocycles. The van der Waals surface area contributed by atoms with E-state index in [1.54, 1.807) is 24.3 Å². The fourth-order valence-corrected chi connectivity index (χ4v) is 2.83. The SMILES string of the molecule is CSc1ccc(-n2nc(C(F)(F)F)cc2-c2ccc(N(C)C)cc2)cn1. The summed E-state index contributed by atoms with van der Waals surface area (Å²) in [5.41, 5.74) is 1.51. The number of hydrogen-bond donors (Lipinski definition) is 0. The van der Waals surface area contributed by atoms with Gasteiger partial charge in [0.05, 0.1) is 22.6 Å². The van der Waals surface area contributed by atoms with Crippen LogP contribution in [0.2, 0.25) is 0 Å². The van der Waals surface area contributed by atoms with Crippen molar-refractivity contribution in [2.24, 2.45) is 0 Å². The molecule has 0 N–H and O–H groups in total. The van der Waals surface area contributed by atoms with E-state index in [2.05, 4.69) is 10.1 Å². The highest BCUT2D eigenvalue weighted by Gasteiger charge is 2.35. The van der Waals surface area contributed by atoms with Gasteiger partial charge >= 0.3 is 6.18 Å². The van der Waals surface area contributed by atoms with Crippen molar-refractivity contribution >= 4 is 17.4 Å². The summed E-state index contributed by atoms with van der Waals surface area (Å²) in [4.78, 5) is 6.16. The van der Waals surface area contributed by atoms with E-state index in [1.807, 2.05) is 37.4 Å². The molecule has 3 rings (SSSR count). The Morgan fingerprint density at radius 2 is 1.73 bits per heavy atom. The molecule has 2 aromatic heterocycles. The molecule has 0 saturated heterocycles. The Hall–Kier alpha value is -2.48. The molecule has 8 heteroatoms. The molecule has 0 amide bonds. The average Bonchev–Trinajstić information content (AvgIpc) is 3.07. The van der Waals surface area contributed by atoms with Crippen molar-refractivity contribution in [3.8, 4) is 16.9 Å². The molecule has 0 aliphatic rings. The van der Waals surface area contributed by atoms with E-state index in [0.717, 1.165) is 16.8 Å². The van der Waals surface area contributed by atoms with Gasteiger partial charge in [0.2, 0.25) is 0 Å². The molecule has 26 heavy (non-hydrogen) atoms. The summed E-state index contributed by atoms with van der Waals surface area (Å²) in [7, 11) is 3.81. The second kappa shape index (κ2) is 7.03. The third-order valence-corrected chi connectivity index (χ3v) is 4.51. The number of pyridine rings is 1. The van der Waals surface area contributed by atoms with E-state index in [-0.39, 0.29) is 0 Å². The highest BCUT2D eigenvalue weighted by Crippen LogP contribution is 2.33. The number of nitrogens with zero attached hydrogens (tertiary/aromatic N) is 4. The van der Waals surface area contributed by atoms with Crippen LogP contribution in [0.25, 0.3) is 16.9 Å². The molecule has 3 aromatic rings. The molecule has 136 valence electrons. The first-order valence-electron chi connectivity index (χ1n) is 7.75. The van der Waals surface area contributed by atoms with Crippen LogP contribution in [-0.4, -0.2) is 35.1 Å². The largest absolute Gasteiger partial charge is 0.435 e. The smallest absolute Gasteiger partial charge is 0.378 e. The highest BCUT2D eigenvalue weighted by atomic mass is 32.2. The van der Waals surface area contributed by atoms with E-state index in [4.69, 9.17) is 0 Å². The van der Waals surface area contributed by atoms with Gasteiger partial charge in [0, 0.05) is 25.3 Å². The monoisotopic (exact) mass is 378 g/mol. The number of hydrogen-bond acceptors (Lipinski definition) is 4. The van der Waals surface area contributed by atoms with Gasteiger partial charge in [-0.3, -0.25) is 0 Å². The number of alkyl halides is 3. The third kappa shape index (κ3) is 3.70. The molecule has 0 unspecified atom stereocenters.